The maximum atomic E-state index is 12.7. The molecule has 122 valence electrons. The van der Waals surface area contributed by atoms with Crippen LogP contribution in [0.25, 0.3) is 0 Å². The van der Waals surface area contributed by atoms with Crippen molar-refractivity contribution in [1.29, 1.82) is 0 Å². The van der Waals surface area contributed by atoms with E-state index in [1.807, 2.05) is 47.4 Å². The van der Waals surface area contributed by atoms with Gasteiger partial charge in [-0.3, -0.25) is 4.79 Å². The standard InChI is InChI=1S/C19H23NO3/c21-19(13-17-9-4-5-11-22-17)20(15-18-10-6-12-23-18)14-16-7-2-1-3-8-16/h1-3,6-8,10,12,17H,4-5,9,11,13-15H2. The van der Waals surface area contributed by atoms with Gasteiger partial charge in [0, 0.05) is 13.2 Å². The number of ether oxygens (including phenoxy) is 1. The van der Waals surface area contributed by atoms with Crippen LogP contribution in [-0.2, 0) is 22.6 Å². The molecule has 23 heavy (non-hydrogen) atoms. The summed E-state index contributed by atoms with van der Waals surface area (Å²) in [5.74, 6) is 0.927. The van der Waals surface area contributed by atoms with Crippen molar-refractivity contribution in [1.82, 2.24) is 4.90 Å². The van der Waals surface area contributed by atoms with Crippen LogP contribution in [-0.4, -0.2) is 23.5 Å². The highest BCUT2D eigenvalue weighted by molar-refractivity contribution is 5.76. The Labute approximate surface area is 137 Å². The summed E-state index contributed by atoms with van der Waals surface area (Å²) in [6, 6.07) is 13.8. The van der Waals surface area contributed by atoms with E-state index >= 15 is 0 Å². The van der Waals surface area contributed by atoms with Gasteiger partial charge in [0.2, 0.25) is 5.91 Å². The van der Waals surface area contributed by atoms with Gasteiger partial charge in [0.15, 0.2) is 0 Å². The van der Waals surface area contributed by atoms with Gasteiger partial charge in [-0.1, -0.05) is 30.3 Å². The Morgan fingerprint density at radius 2 is 1.96 bits per heavy atom. The number of amides is 1. The van der Waals surface area contributed by atoms with Gasteiger partial charge in [0.25, 0.3) is 0 Å². The van der Waals surface area contributed by atoms with Gasteiger partial charge in [0.1, 0.15) is 5.76 Å². The summed E-state index contributed by atoms with van der Waals surface area (Å²) in [4.78, 5) is 14.6. The molecule has 1 atom stereocenters. The fourth-order valence-corrected chi connectivity index (χ4v) is 2.92. The van der Waals surface area contributed by atoms with E-state index in [-0.39, 0.29) is 12.0 Å². The smallest absolute Gasteiger partial charge is 0.225 e. The molecule has 1 aromatic carbocycles. The molecule has 1 amide bonds. The molecular formula is C19H23NO3. The van der Waals surface area contributed by atoms with Crippen LogP contribution in [0.3, 0.4) is 0 Å². The number of carbonyl (C=O) groups excluding carboxylic acids is 1. The minimum Gasteiger partial charge on any atom is -0.467 e. The first kappa shape index (κ1) is 15.8. The van der Waals surface area contributed by atoms with E-state index < -0.39 is 0 Å². The van der Waals surface area contributed by atoms with Crippen LogP contribution in [0.2, 0.25) is 0 Å². The summed E-state index contributed by atoms with van der Waals surface area (Å²) in [5, 5.41) is 0. The molecule has 0 radical (unpaired) electrons. The summed E-state index contributed by atoms with van der Waals surface area (Å²) in [6.07, 6.45) is 5.38. The summed E-state index contributed by atoms with van der Waals surface area (Å²) in [6.45, 7) is 1.86. The fraction of sp³-hybridized carbons (Fsp3) is 0.421. The number of nitrogens with zero attached hydrogens (tertiary/aromatic N) is 1. The Hall–Kier alpha value is -2.07. The van der Waals surface area contributed by atoms with Crippen LogP contribution in [0.4, 0.5) is 0 Å². The summed E-state index contributed by atoms with van der Waals surface area (Å²) >= 11 is 0. The molecule has 2 aromatic rings. The largest absolute Gasteiger partial charge is 0.467 e. The van der Waals surface area contributed by atoms with Crippen LogP contribution in [0.1, 0.15) is 37.0 Å². The van der Waals surface area contributed by atoms with Crippen molar-refractivity contribution in [3.8, 4) is 0 Å². The van der Waals surface area contributed by atoms with E-state index in [2.05, 4.69) is 0 Å². The van der Waals surface area contributed by atoms with Gasteiger partial charge in [-0.15, -0.1) is 0 Å². The van der Waals surface area contributed by atoms with Gasteiger partial charge in [0.05, 0.1) is 25.3 Å². The second kappa shape index (κ2) is 7.97. The van der Waals surface area contributed by atoms with E-state index in [4.69, 9.17) is 9.15 Å². The number of carbonyl (C=O) groups is 1. The second-order valence-corrected chi connectivity index (χ2v) is 6.01. The summed E-state index contributed by atoms with van der Waals surface area (Å²) < 4.78 is 11.1. The summed E-state index contributed by atoms with van der Waals surface area (Å²) in [5.41, 5.74) is 1.12. The monoisotopic (exact) mass is 313 g/mol. The van der Waals surface area contributed by atoms with E-state index in [0.29, 0.717) is 19.5 Å². The molecule has 0 aliphatic carbocycles. The second-order valence-electron chi connectivity index (χ2n) is 6.01. The molecule has 2 heterocycles. The molecule has 0 N–H and O–H groups in total. The molecule has 4 nitrogen and oxygen atoms in total. The molecular weight excluding hydrogens is 290 g/mol. The van der Waals surface area contributed by atoms with E-state index in [0.717, 1.165) is 37.2 Å². The SMILES string of the molecule is O=C(CC1CCCCO1)N(Cc1ccccc1)Cc1ccco1. The Bertz CT molecular complexity index is 588. The quantitative estimate of drug-likeness (QED) is 0.815. The maximum Gasteiger partial charge on any atom is 0.225 e. The topological polar surface area (TPSA) is 42.7 Å². The number of rotatable bonds is 6. The van der Waals surface area contributed by atoms with Crippen LogP contribution in [0.15, 0.2) is 53.1 Å². The third-order valence-corrected chi connectivity index (χ3v) is 4.17. The van der Waals surface area contributed by atoms with Crippen molar-refractivity contribution in [3.05, 3.63) is 60.1 Å². The first-order chi connectivity index (χ1) is 11.3. The van der Waals surface area contributed by atoms with E-state index in [1.54, 1.807) is 6.26 Å². The minimum absolute atomic E-state index is 0.0612. The van der Waals surface area contributed by atoms with Gasteiger partial charge in [-0.25, -0.2) is 0 Å². The maximum absolute atomic E-state index is 12.7. The van der Waals surface area contributed by atoms with Gasteiger partial charge < -0.3 is 14.1 Å². The van der Waals surface area contributed by atoms with Gasteiger partial charge >= 0.3 is 0 Å². The lowest BCUT2D eigenvalue weighted by molar-refractivity contribution is -0.136. The third kappa shape index (κ3) is 4.70. The van der Waals surface area contributed by atoms with Crippen LogP contribution >= 0.6 is 0 Å². The lowest BCUT2D eigenvalue weighted by Gasteiger charge is -2.27. The fourth-order valence-electron chi connectivity index (χ4n) is 2.92. The molecule has 1 unspecified atom stereocenters. The first-order valence-corrected chi connectivity index (χ1v) is 8.27. The zero-order valence-electron chi connectivity index (χ0n) is 13.3. The third-order valence-electron chi connectivity index (χ3n) is 4.17. The number of hydrogen-bond acceptors (Lipinski definition) is 3. The molecule has 0 spiro atoms. The van der Waals surface area contributed by atoms with Crippen LogP contribution < -0.4 is 0 Å². The summed E-state index contributed by atoms with van der Waals surface area (Å²) in [7, 11) is 0. The van der Waals surface area contributed by atoms with Crippen molar-refractivity contribution >= 4 is 5.91 Å². The molecule has 1 aromatic heterocycles. The highest BCUT2D eigenvalue weighted by atomic mass is 16.5. The van der Waals surface area contributed by atoms with Gasteiger partial charge in [-0.05, 0) is 37.0 Å². The van der Waals surface area contributed by atoms with Crippen molar-refractivity contribution in [2.24, 2.45) is 0 Å². The number of hydrogen-bond donors (Lipinski definition) is 0. The predicted molar refractivity (Wildman–Crippen MR) is 87.6 cm³/mol. The molecule has 0 saturated carbocycles. The van der Waals surface area contributed by atoms with Crippen molar-refractivity contribution in [2.45, 2.75) is 44.9 Å². The Kier molecular flexibility index (Phi) is 5.48. The van der Waals surface area contributed by atoms with Crippen LogP contribution in [0.5, 0.6) is 0 Å². The van der Waals surface area contributed by atoms with Crippen molar-refractivity contribution in [2.75, 3.05) is 6.61 Å². The minimum atomic E-state index is 0.0612. The average molecular weight is 313 g/mol. The molecule has 1 fully saturated rings. The average Bonchev–Trinajstić information content (AvgIpc) is 3.09. The molecule has 1 saturated heterocycles. The zero-order valence-corrected chi connectivity index (χ0v) is 13.3. The Balaban J connectivity index is 1.66. The Morgan fingerprint density at radius 3 is 2.65 bits per heavy atom. The molecule has 1 aliphatic rings. The normalized spacial score (nSPS) is 17.8. The highest BCUT2D eigenvalue weighted by Crippen LogP contribution is 2.19. The molecule has 0 bridgehead atoms. The van der Waals surface area contributed by atoms with E-state index in [9.17, 15) is 4.79 Å². The zero-order chi connectivity index (χ0) is 15.9. The molecule has 3 rings (SSSR count). The molecule has 1 aliphatic heterocycles. The van der Waals surface area contributed by atoms with Crippen molar-refractivity contribution in [3.63, 3.8) is 0 Å². The van der Waals surface area contributed by atoms with E-state index in [1.165, 1.54) is 0 Å². The number of furan rings is 1. The van der Waals surface area contributed by atoms with Crippen LogP contribution in [0, 0.1) is 0 Å². The number of benzene rings is 1. The first-order valence-electron chi connectivity index (χ1n) is 8.27. The lowest BCUT2D eigenvalue weighted by Crippen LogP contribution is -2.34. The predicted octanol–water partition coefficient (Wildman–Crippen LogP) is 3.77. The lowest BCUT2D eigenvalue weighted by atomic mass is 10.1. The highest BCUT2D eigenvalue weighted by Gasteiger charge is 2.22. The van der Waals surface area contributed by atoms with Crippen molar-refractivity contribution < 1.29 is 13.9 Å². The Morgan fingerprint density at radius 1 is 1.09 bits per heavy atom. The van der Waals surface area contributed by atoms with Gasteiger partial charge in [-0.2, -0.15) is 0 Å². The molecule has 4 heteroatoms.